The van der Waals surface area contributed by atoms with E-state index in [1.54, 1.807) is 18.1 Å². The molecule has 0 unspecified atom stereocenters. The zero-order chi connectivity index (χ0) is 15.7. The van der Waals surface area contributed by atoms with E-state index in [-0.39, 0.29) is 5.91 Å². The van der Waals surface area contributed by atoms with Gasteiger partial charge in [0.15, 0.2) is 0 Å². The van der Waals surface area contributed by atoms with Crippen LogP contribution in [0.3, 0.4) is 0 Å². The van der Waals surface area contributed by atoms with Gasteiger partial charge in [-0.2, -0.15) is 0 Å². The summed E-state index contributed by atoms with van der Waals surface area (Å²) in [4.78, 5) is 25.1. The van der Waals surface area contributed by atoms with Gasteiger partial charge < -0.3 is 14.9 Å². The number of imidazole rings is 1. The molecule has 0 saturated heterocycles. The quantitative estimate of drug-likeness (QED) is 0.777. The molecule has 1 amide bonds. The third kappa shape index (κ3) is 2.50. The zero-order valence-electron chi connectivity index (χ0n) is 13.1. The predicted octanol–water partition coefficient (Wildman–Crippen LogP) is 3.03. The number of aromatic amines is 2. The summed E-state index contributed by atoms with van der Waals surface area (Å²) in [6.07, 6.45) is 2.59. The highest BCUT2D eigenvalue weighted by molar-refractivity contribution is 6.00. The number of H-pyrrole nitrogens is 2. The Morgan fingerprint density at radius 3 is 2.73 bits per heavy atom. The number of nitrogens with one attached hydrogen (secondary N) is 2. The highest BCUT2D eigenvalue weighted by atomic mass is 16.2. The number of para-hydroxylation sites is 1. The highest BCUT2D eigenvalue weighted by Gasteiger charge is 2.20. The molecule has 0 fully saturated rings. The van der Waals surface area contributed by atoms with Crippen LogP contribution in [0.4, 0.5) is 0 Å². The van der Waals surface area contributed by atoms with Crippen LogP contribution >= 0.6 is 0 Å². The number of amides is 1. The molecule has 114 valence electrons. The van der Waals surface area contributed by atoms with Gasteiger partial charge in [-0.05, 0) is 25.0 Å². The van der Waals surface area contributed by atoms with Crippen molar-refractivity contribution in [2.75, 3.05) is 7.05 Å². The first-order chi connectivity index (χ1) is 10.6. The van der Waals surface area contributed by atoms with Gasteiger partial charge >= 0.3 is 0 Å². The van der Waals surface area contributed by atoms with E-state index in [1.165, 1.54) is 0 Å². The molecule has 0 spiro atoms. The van der Waals surface area contributed by atoms with Crippen LogP contribution in [0, 0.1) is 6.92 Å². The lowest BCUT2D eigenvalue weighted by atomic mass is 10.1. The Kier molecular flexibility index (Phi) is 3.71. The molecule has 0 aliphatic heterocycles. The molecule has 3 aromatic rings. The van der Waals surface area contributed by atoms with Gasteiger partial charge in [0.2, 0.25) is 0 Å². The van der Waals surface area contributed by atoms with Gasteiger partial charge in [-0.25, -0.2) is 4.98 Å². The van der Waals surface area contributed by atoms with E-state index in [0.29, 0.717) is 12.2 Å². The number of fused-ring (bicyclic) bond motifs is 1. The zero-order valence-corrected chi connectivity index (χ0v) is 13.1. The summed E-state index contributed by atoms with van der Waals surface area (Å²) in [5.74, 6) is 0.782. The van der Waals surface area contributed by atoms with Crippen LogP contribution in [0.2, 0.25) is 0 Å². The van der Waals surface area contributed by atoms with E-state index in [1.807, 2.05) is 25.1 Å². The Morgan fingerprint density at radius 1 is 1.27 bits per heavy atom. The van der Waals surface area contributed by atoms with Crippen LogP contribution in [-0.4, -0.2) is 32.8 Å². The number of nitrogens with zero attached hydrogens (tertiary/aromatic N) is 2. The first kappa shape index (κ1) is 14.4. The van der Waals surface area contributed by atoms with Crippen LogP contribution in [0.1, 0.15) is 34.5 Å². The molecule has 0 bridgehead atoms. The molecule has 2 heterocycles. The number of aromatic nitrogens is 3. The lowest BCUT2D eigenvalue weighted by molar-refractivity contribution is 0.0776. The van der Waals surface area contributed by atoms with Crippen molar-refractivity contribution in [3.63, 3.8) is 0 Å². The molecule has 22 heavy (non-hydrogen) atoms. The largest absolute Gasteiger partial charge is 0.350 e. The number of benzene rings is 1. The summed E-state index contributed by atoms with van der Waals surface area (Å²) in [5, 5.41) is 1.12. The molecule has 1 aromatic carbocycles. The Labute approximate surface area is 129 Å². The lowest BCUT2D eigenvalue weighted by Gasteiger charge is -2.15. The van der Waals surface area contributed by atoms with Crippen molar-refractivity contribution in [3.05, 3.63) is 53.2 Å². The third-order valence-electron chi connectivity index (χ3n) is 3.87. The minimum atomic E-state index is -0.0119. The van der Waals surface area contributed by atoms with E-state index in [2.05, 4.69) is 27.9 Å². The number of carbonyl (C=O) groups excluding carboxylic acids is 1. The Hall–Kier alpha value is -2.56. The SMILES string of the molecule is CCc1c(C(=O)N(C)Cc2ncc(C)[nH]2)[nH]c2ccccc12. The van der Waals surface area contributed by atoms with Crippen molar-refractivity contribution in [1.82, 2.24) is 19.9 Å². The number of hydrogen-bond donors (Lipinski definition) is 2. The predicted molar refractivity (Wildman–Crippen MR) is 86.8 cm³/mol. The van der Waals surface area contributed by atoms with E-state index in [9.17, 15) is 4.79 Å². The Morgan fingerprint density at radius 2 is 2.05 bits per heavy atom. The van der Waals surface area contributed by atoms with Crippen molar-refractivity contribution in [3.8, 4) is 0 Å². The Bertz CT molecular complexity index is 815. The van der Waals surface area contributed by atoms with Gasteiger partial charge in [0.05, 0.1) is 6.54 Å². The fourth-order valence-corrected chi connectivity index (χ4v) is 2.78. The summed E-state index contributed by atoms with van der Waals surface area (Å²) in [7, 11) is 1.80. The van der Waals surface area contributed by atoms with E-state index < -0.39 is 0 Å². The van der Waals surface area contributed by atoms with Crippen LogP contribution in [-0.2, 0) is 13.0 Å². The summed E-state index contributed by atoms with van der Waals surface area (Å²) in [5.41, 5.74) is 3.75. The maximum Gasteiger partial charge on any atom is 0.270 e. The smallest absolute Gasteiger partial charge is 0.270 e. The average molecular weight is 296 g/mol. The monoisotopic (exact) mass is 296 g/mol. The van der Waals surface area contributed by atoms with Crippen molar-refractivity contribution in [2.45, 2.75) is 26.8 Å². The topological polar surface area (TPSA) is 64.8 Å². The maximum absolute atomic E-state index is 12.8. The Balaban J connectivity index is 1.91. The van der Waals surface area contributed by atoms with Crippen molar-refractivity contribution < 1.29 is 4.79 Å². The molecular formula is C17H20N4O. The van der Waals surface area contributed by atoms with E-state index in [0.717, 1.165) is 34.4 Å². The second-order valence-electron chi connectivity index (χ2n) is 5.55. The number of carbonyl (C=O) groups is 1. The van der Waals surface area contributed by atoms with Gasteiger partial charge in [-0.15, -0.1) is 0 Å². The molecule has 0 saturated carbocycles. The molecule has 2 aromatic heterocycles. The van der Waals surface area contributed by atoms with Gasteiger partial charge in [0.1, 0.15) is 11.5 Å². The number of hydrogen-bond acceptors (Lipinski definition) is 2. The summed E-state index contributed by atoms with van der Waals surface area (Å²) in [6, 6.07) is 8.03. The highest BCUT2D eigenvalue weighted by Crippen LogP contribution is 2.24. The van der Waals surface area contributed by atoms with Crippen LogP contribution in [0.5, 0.6) is 0 Å². The van der Waals surface area contributed by atoms with Gasteiger partial charge in [0, 0.05) is 29.8 Å². The van der Waals surface area contributed by atoms with Crippen molar-refractivity contribution in [1.29, 1.82) is 0 Å². The third-order valence-corrected chi connectivity index (χ3v) is 3.87. The number of aryl methyl sites for hydroxylation is 2. The molecule has 0 radical (unpaired) electrons. The van der Waals surface area contributed by atoms with Gasteiger partial charge in [-0.3, -0.25) is 4.79 Å². The minimum Gasteiger partial charge on any atom is -0.350 e. The summed E-state index contributed by atoms with van der Waals surface area (Å²) >= 11 is 0. The van der Waals surface area contributed by atoms with Crippen LogP contribution in [0.15, 0.2) is 30.5 Å². The second kappa shape index (κ2) is 5.67. The summed E-state index contributed by atoms with van der Waals surface area (Å²) in [6.45, 7) is 4.48. The standard InChI is InChI=1S/C17H20N4O/c1-4-12-13-7-5-6-8-14(13)20-16(12)17(22)21(3)10-15-18-9-11(2)19-15/h5-9,20H,4,10H2,1-3H3,(H,18,19). The van der Waals surface area contributed by atoms with E-state index >= 15 is 0 Å². The fraction of sp³-hybridized carbons (Fsp3) is 0.294. The molecular weight excluding hydrogens is 276 g/mol. The first-order valence-corrected chi connectivity index (χ1v) is 7.45. The maximum atomic E-state index is 12.8. The molecule has 0 aliphatic rings. The van der Waals surface area contributed by atoms with Crippen LogP contribution < -0.4 is 0 Å². The molecule has 0 aliphatic carbocycles. The minimum absolute atomic E-state index is 0.0119. The second-order valence-corrected chi connectivity index (χ2v) is 5.55. The molecule has 5 heteroatoms. The van der Waals surface area contributed by atoms with Crippen LogP contribution in [0.25, 0.3) is 10.9 Å². The van der Waals surface area contributed by atoms with E-state index in [4.69, 9.17) is 0 Å². The number of rotatable bonds is 4. The normalized spacial score (nSPS) is 11.0. The van der Waals surface area contributed by atoms with Gasteiger partial charge in [0.25, 0.3) is 5.91 Å². The molecule has 3 rings (SSSR count). The molecule has 0 atom stereocenters. The van der Waals surface area contributed by atoms with Gasteiger partial charge in [-0.1, -0.05) is 25.1 Å². The average Bonchev–Trinajstić information content (AvgIpc) is 3.09. The van der Waals surface area contributed by atoms with Crippen molar-refractivity contribution >= 4 is 16.8 Å². The summed E-state index contributed by atoms with van der Waals surface area (Å²) < 4.78 is 0. The fourth-order valence-electron chi connectivity index (χ4n) is 2.78. The first-order valence-electron chi connectivity index (χ1n) is 7.45. The molecule has 5 nitrogen and oxygen atoms in total. The lowest BCUT2D eigenvalue weighted by Crippen LogP contribution is -2.27. The van der Waals surface area contributed by atoms with Crippen molar-refractivity contribution in [2.24, 2.45) is 0 Å². The molecule has 2 N–H and O–H groups in total.